The molecule has 0 saturated heterocycles. The van der Waals surface area contributed by atoms with E-state index in [1.807, 2.05) is 37.3 Å². The summed E-state index contributed by atoms with van der Waals surface area (Å²) in [6.45, 7) is 3.83. The van der Waals surface area contributed by atoms with Crippen LogP contribution in [0.1, 0.15) is 23.6 Å². The van der Waals surface area contributed by atoms with Crippen LogP contribution in [0.4, 0.5) is 0 Å². The first-order chi connectivity index (χ1) is 12.2. The van der Waals surface area contributed by atoms with E-state index in [1.165, 1.54) is 0 Å². The van der Waals surface area contributed by atoms with Gasteiger partial charge in [0, 0.05) is 18.2 Å². The quantitative estimate of drug-likeness (QED) is 0.809. The van der Waals surface area contributed by atoms with Gasteiger partial charge in [-0.05, 0) is 42.7 Å². The average Bonchev–Trinajstić information content (AvgIpc) is 2.66. The second kappa shape index (κ2) is 8.23. The Morgan fingerprint density at radius 3 is 2.88 bits per heavy atom. The molecule has 2 N–H and O–H groups in total. The summed E-state index contributed by atoms with van der Waals surface area (Å²) in [5.74, 6) is 2.39. The fourth-order valence-corrected chi connectivity index (χ4v) is 3.11. The van der Waals surface area contributed by atoms with Gasteiger partial charge in [0.05, 0.1) is 20.3 Å². The minimum absolute atomic E-state index is 0.0249. The zero-order valence-electron chi connectivity index (χ0n) is 14.7. The van der Waals surface area contributed by atoms with Crippen molar-refractivity contribution in [1.82, 2.24) is 5.32 Å². The van der Waals surface area contributed by atoms with E-state index in [4.69, 9.17) is 14.2 Å². The normalized spacial score (nSPS) is 16.0. The molecule has 0 bridgehead atoms. The summed E-state index contributed by atoms with van der Waals surface area (Å²) in [5, 5.41) is 13.0. The molecule has 0 aromatic heterocycles. The molecule has 5 heteroatoms. The molecule has 1 atom stereocenters. The van der Waals surface area contributed by atoms with Crippen LogP contribution in [0.25, 0.3) is 0 Å². The molecule has 1 aliphatic heterocycles. The number of fused-ring (bicyclic) bond motifs is 1. The van der Waals surface area contributed by atoms with Crippen LogP contribution in [0.15, 0.2) is 36.4 Å². The predicted molar refractivity (Wildman–Crippen MR) is 96.4 cm³/mol. The number of methoxy groups -OCH3 is 1. The van der Waals surface area contributed by atoms with Crippen LogP contribution < -0.4 is 19.5 Å². The molecule has 5 nitrogen and oxygen atoms in total. The number of benzene rings is 2. The number of nitrogens with one attached hydrogen (secondary N) is 1. The molecule has 0 saturated carbocycles. The van der Waals surface area contributed by atoms with E-state index in [9.17, 15) is 5.11 Å². The Bertz CT molecular complexity index is 717. The Kier molecular flexibility index (Phi) is 5.79. The minimum Gasteiger partial charge on any atom is -0.494 e. The molecule has 1 heterocycles. The van der Waals surface area contributed by atoms with Gasteiger partial charge in [0.2, 0.25) is 0 Å². The first-order valence-electron chi connectivity index (χ1n) is 8.62. The van der Waals surface area contributed by atoms with Crippen LogP contribution in [0, 0.1) is 0 Å². The Hall–Kier alpha value is -2.24. The first-order valence-corrected chi connectivity index (χ1v) is 8.62. The van der Waals surface area contributed by atoms with Crippen molar-refractivity contribution >= 4 is 0 Å². The van der Waals surface area contributed by atoms with Gasteiger partial charge in [-0.1, -0.05) is 18.2 Å². The molecular weight excluding hydrogens is 318 g/mol. The zero-order valence-corrected chi connectivity index (χ0v) is 14.7. The molecule has 2 aromatic carbocycles. The number of hydrogen-bond donors (Lipinski definition) is 2. The van der Waals surface area contributed by atoms with Gasteiger partial charge >= 0.3 is 0 Å². The molecule has 134 valence electrons. The Morgan fingerprint density at radius 2 is 2.12 bits per heavy atom. The van der Waals surface area contributed by atoms with Crippen molar-refractivity contribution in [2.75, 3.05) is 20.3 Å². The van der Waals surface area contributed by atoms with Gasteiger partial charge in [0.1, 0.15) is 12.4 Å². The van der Waals surface area contributed by atoms with E-state index < -0.39 is 0 Å². The second-order valence-corrected chi connectivity index (χ2v) is 6.07. The van der Waals surface area contributed by atoms with E-state index in [2.05, 4.69) is 11.4 Å². The SMILES string of the molecule is CCOc1ccc(CNC2COc3c(cccc3OC)C2)cc1CO. The summed E-state index contributed by atoms with van der Waals surface area (Å²) in [7, 11) is 1.66. The van der Waals surface area contributed by atoms with Gasteiger partial charge in [-0.3, -0.25) is 0 Å². The van der Waals surface area contributed by atoms with E-state index in [0.717, 1.165) is 40.4 Å². The highest BCUT2D eigenvalue weighted by Gasteiger charge is 2.22. The van der Waals surface area contributed by atoms with Crippen molar-refractivity contribution in [3.05, 3.63) is 53.1 Å². The maximum Gasteiger partial charge on any atom is 0.164 e. The Labute approximate surface area is 148 Å². The molecule has 3 rings (SSSR count). The van der Waals surface area contributed by atoms with Gasteiger partial charge in [-0.2, -0.15) is 0 Å². The predicted octanol–water partition coefficient (Wildman–Crippen LogP) is 2.68. The molecule has 0 amide bonds. The third-order valence-electron chi connectivity index (χ3n) is 4.37. The molecule has 2 aromatic rings. The summed E-state index contributed by atoms with van der Waals surface area (Å²) < 4.78 is 16.8. The highest BCUT2D eigenvalue weighted by molar-refractivity contribution is 5.48. The summed E-state index contributed by atoms with van der Waals surface area (Å²) in [6, 6.07) is 12.2. The highest BCUT2D eigenvalue weighted by atomic mass is 16.5. The molecule has 1 aliphatic rings. The van der Waals surface area contributed by atoms with Crippen LogP contribution in [0.2, 0.25) is 0 Å². The average molecular weight is 343 g/mol. The molecule has 25 heavy (non-hydrogen) atoms. The van der Waals surface area contributed by atoms with Gasteiger partial charge in [0.25, 0.3) is 0 Å². The first kappa shape index (κ1) is 17.6. The monoisotopic (exact) mass is 343 g/mol. The number of hydrogen-bond acceptors (Lipinski definition) is 5. The molecular formula is C20H25NO4. The second-order valence-electron chi connectivity index (χ2n) is 6.07. The minimum atomic E-state index is -0.0249. The summed E-state index contributed by atoms with van der Waals surface area (Å²) in [5.41, 5.74) is 3.09. The number of aliphatic hydroxyl groups excluding tert-OH is 1. The molecule has 0 fully saturated rings. The molecule has 0 spiro atoms. The van der Waals surface area contributed by atoms with Crippen molar-refractivity contribution < 1.29 is 19.3 Å². The maximum absolute atomic E-state index is 9.51. The van der Waals surface area contributed by atoms with Gasteiger partial charge < -0.3 is 24.6 Å². The number of ether oxygens (including phenoxy) is 3. The van der Waals surface area contributed by atoms with Crippen molar-refractivity contribution in [2.24, 2.45) is 0 Å². The van der Waals surface area contributed by atoms with Crippen molar-refractivity contribution in [3.8, 4) is 17.2 Å². The highest BCUT2D eigenvalue weighted by Crippen LogP contribution is 2.34. The van der Waals surface area contributed by atoms with Gasteiger partial charge in [-0.15, -0.1) is 0 Å². The summed E-state index contributed by atoms with van der Waals surface area (Å²) in [4.78, 5) is 0. The van der Waals surface area contributed by atoms with Crippen LogP contribution in [-0.4, -0.2) is 31.5 Å². The van der Waals surface area contributed by atoms with E-state index in [-0.39, 0.29) is 12.6 Å². The van der Waals surface area contributed by atoms with Crippen LogP contribution in [0.5, 0.6) is 17.2 Å². The van der Waals surface area contributed by atoms with Crippen LogP contribution in [0.3, 0.4) is 0 Å². The standard InChI is InChI=1S/C20H25NO4/c1-3-24-18-8-7-14(9-16(18)12-22)11-21-17-10-15-5-4-6-19(23-2)20(15)25-13-17/h4-9,17,21-22H,3,10-13H2,1-2H3. The topological polar surface area (TPSA) is 60.0 Å². The molecule has 1 unspecified atom stereocenters. The number of aliphatic hydroxyl groups is 1. The lowest BCUT2D eigenvalue weighted by molar-refractivity contribution is 0.226. The van der Waals surface area contributed by atoms with Crippen molar-refractivity contribution in [1.29, 1.82) is 0 Å². The van der Waals surface area contributed by atoms with Crippen LogP contribution >= 0.6 is 0 Å². The zero-order chi connectivity index (χ0) is 17.6. The molecule has 0 aliphatic carbocycles. The third kappa shape index (κ3) is 4.06. The maximum atomic E-state index is 9.51. The van der Waals surface area contributed by atoms with E-state index in [1.54, 1.807) is 7.11 Å². The van der Waals surface area contributed by atoms with Crippen molar-refractivity contribution in [2.45, 2.75) is 32.5 Å². The lowest BCUT2D eigenvalue weighted by Gasteiger charge is -2.27. The smallest absolute Gasteiger partial charge is 0.164 e. The van der Waals surface area contributed by atoms with E-state index >= 15 is 0 Å². The fourth-order valence-electron chi connectivity index (χ4n) is 3.11. The lowest BCUT2D eigenvalue weighted by Crippen LogP contribution is -2.38. The van der Waals surface area contributed by atoms with E-state index in [0.29, 0.717) is 19.8 Å². The lowest BCUT2D eigenvalue weighted by atomic mass is 10.0. The number of para-hydroxylation sites is 1. The van der Waals surface area contributed by atoms with Gasteiger partial charge in [-0.25, -0.2) is 0 Å². The van der Waals surface area contributed by atoms with Crippen molar-refractivity contribution in [3.63, 3.8) is 0 Å². The summed E-state index contributed by atoms with van der Waals surface area (Å²) >= 11 is 0. The van der Waals surface area contributed by atoms with Gasteiger partial charge in [0.15, 0.2) is 11.5 Å². The largest absolute Gasteiger partial charge is 0.494 e. The summed E-state index contributed by atoms with van der Waals surface area (Å²) in [6.07, 6.45) is 0.899. The molecule has 0 radical (unpaired) electrons. The third-order valence-corrected chi connectivity index (χ3v) is 4.37. The number of rotatable bonds is 7. The van der Waals surface area contributed by atoms with Crippen LogP contribution in [-0.2, 0) is 19.6 Å². The fraction of sp³-hybridized carbons (Fsp3) is 0.400. The Morgan fingerprint density at radius 1 is 1.24 bits per heavy atom. The Balaban J connectivity index is 1.63.